The Bertz CT molecular complexity index is 1290. The van der Waals surface area contributed by atoms with E-state index in [0.29, 0.717) is 22.7 Å². The van der Waals surface area contributed by atoms with Crippen LogP contribution in [0.25, 0.3) is 21.2 Å². The second kappa shape index (κ2) is 7.13. The minimum Gasteiger partial charge on any atom is -0.493 e. The molecule has 1 amide bonds. The summed E-state index contributed by atoms with van der Waals surface area (Å²) < 4.78 is 14.2. The normalized spacial score (nSPS) is 12.0. The third-order valence-corrected chi connectivity index (χ3v) is 5.79. The Morgan fingerprint density at radius 1 is 1.32 bits per heavy atom. The number of amides is 1. The predicted octanol–water partition coefficient (Wildman–Crippen LogP) is 5.00. The molecule has 28 heavy (non-hydrogen) atoms. The van der Waals surface area contributed by atoms with Gasteiger partial charge in [0.05, 0.1) is 17.3 Å². The van der Waals surface area contributed by atoms with Crippen LogP contribution in [-0.4, -0.2) is 17.6 Å². The van der Waals surface area contributed by atoms with E-state index >= 15 is 0 Å². The van der Waals surface area contributed by atoms with Gasteiger partial charge >= 0.3 is 5.91 Å². The average Bonchev–Trinajstić information content (AvgIpc) is 3.24. The van der Waals surface area contributed by atoms with Gasteiger partial charge in [-0.05, 0) is 43.2 Å². The van der Waals surface area contributed by atoms with Crippen molar-refractivity contribution in [3.63, 3.8) is 0 Å². The van der Waals surface area contributed by atoms with Gasteiger partial charge in [-0.1, -0.05) is 35.6 Å². The van der Waals surface area contributed by atoms with Gasteiger partial charge in [-0.3, -0.25) is 4.79 Å². The number of hydrogen-bond donors (Lipinski definition) is 0. The smallest absolute Gasteiger partial charge is 0.315 e. The standard InChI is InChI=1S/C22H20N2O3S/c1-5-9-24-16-11-13(2)10-14(3)20(16)28-22(24)23-21(25)18-12-15-7-6-8-17(26-4)19(15)27-18/h5-8,10-12H,1,9H2,2-4H3. The van der Waals surface area contributed by atoms with Crippen molar-refractivity contribution in [1.82, 2.24) is 4.57 Å². The van der Waals surface area contributed by atoms with Crippen molar-refractivity contribution in [2.75, 3.05) is 7.11 Å². The molecule has 0 unspecified atom stereocenters. The quantitative estimate of drug-likeness (QED) is 0.459. The number of ether oxygens (including phenoxy) is 1. The minimum atomic E-state index is -0.419. The molecule has 0 atom stereocenters. The molecule has 0 aliphatic rings. The zero-order chi connectivity index (χ0) is 19.8. The highest BCUT2D eigenvalue weighted by molar-refractivity contribution is 7.16. The Kier molecular flexibility index (Phi) is 4.65. The second-order valence-electron chi connectivity index (χ2n) is 6.62. The van der Waals surface area contributed by atoms with E-state index in [-0.39, 0.29) is 5.76 Å². The molecule has 0 radical (unpaired) electrons. The van der Waals surface area contributed by atoms with Crippen LogP contribution in [-0.2, 0) is 6.54 Å². The van der Waals surface area contributed by atoms with Gasteiger partial charge in [-0.15, -0.1) is 6.58 Å². The first-order valence-corrected chi connectivity index (χ1v) is 9.70. The number of hydrogen-bond acceptors (Lipinski definition) is 4. The molecule has 5 nitrogen and oxygen atoms in total. The maximum Gasteiger partial charge on any atom is 0.315 e. The lowest BCUT2D eigenvalue weighted by Gasteiger charge is -2.03. The zero-order valence-electron chi connectivity index (χ0n) is 16.0. The third-order valence-electron chi connectivity index (χ3n) is 4.56. The average molecular weight is 392 g/mol. The van der Waals surface area contributed by atoms with Gasteiger partial charge in [0.15, 0.2) is 21.9 Å². The highest BCUT2D eigenvalue weighted by Crippen LogP contribution is 2.29. The van der Waals surface area contributed by atoms with Crippen LogP contribution >= 0.6 is 11.3 Å². The highest BCUT2D eigenvalue weighted by Gasteiger charge is 2.16. The van der Waals surface area contributed by atoms with E-state index in [4.69, 9.17) is 9.15 Å². The molecule has 2 aromatic heterocycles. The highest BCUT2D eigenvalue weighted by atomic mass is 32.1. The first kappa shape index (κ1) is 18.3. The van der Waals surface area contributed by atoms with Crippen LogP contribution in [0.4, 0.5) is 0 Å². The Morgan fingerprint density at radius 2 is 2.14 bits per heavy atom. The largest absolute Gasteiger partial charge is 0.493 e. The number of furan rings is 1. The fourth-order valence-electron chi connectivity index (χ4n) is 3.35. The topological polar surface area (TPSA) is 56.7 Å². The van der Waals surface area contributed by atoms with Crippen molar-refractivity contribution < 1.29 is 13.9 Å². The van der Waals surface area contributed by atoms with Gasteiger partial charge in [-0.2, -0.15) is 4.99 Å². The molecule has 0 fully saturated rings. The molecular formula is C22H20N2O3S. The van der Waals surface area contributed by atoms with E-state index in [1.54, 1.807) is 25.3 Å². The maximum atomic E-state index is 12.8. The van der Waals surface area contributed by atoms with Crippen molar-refractivity contribution in [1.29, 1.82) is 0 Å². The number of thiazole rings is 1. The SMILES string of the molecule is C=CCn1c(=NC(=O)c2cc3cccc(OC)c3o2)sc2c(C)cc(C)cc21. The van der Waals surface area contributed by atoms with Crippen molar-refractivity contribution in [2.24, 2.45) is 4.99 Å². The molecule has 4 aromatic rings. The van der Waals surface area contributed by atoms with Crippen molar-refractivity contribution >= 4 is 38.4 Å². The van der Waals surface area contributed by atoms with E-state index in [2.05, 4.69) is 37.6 Å². The molecule has 0 aliphatic heterocycles. The van der Waals surface area contributed by atoms with Gasteiger partial charge in [-0.25, -0.2) is 0 Å². The van der Waals surface area contributed by atoms with E-state index in [0.717, 1.165) is 15.6 Å². The minimum absolute atomic E-state index is 0.190. The van der Waals surface area contributed by atoms with E-state index in [9.17, 15) is 4.79 Å². The summed E-state index contributed by atoms with van der Waals surface area (Å²) in [7, 11) is 1.57. The third kappa shape index (κ3) is 3.05. The van der Waals surface area contributed by atoms with Gasteiger partial charge in [0.2, 0.25) is 0 Å². The summed E-state index contributed by atoms with van der Waals surface area (Å²) in [6, 6.07) is 11.5. The van der Waals surface area contributed by atoms with E-state index in [1.165, 1.54) is 22.5 Å². The van der Waals surface area contributed by atoms with Crippen molar-refractivity contribution in [3.05, 3.63) is 70.7 Å². The lowest BCUT2D eigenvalue weighted by atomic mass is 10.1. The van der Waals surface area contributed by atoms with Gasteiger partial charge < -0.3 is 13.7 Å². The fraction of sp³-hybridized carbons (Fsp3) is 0.182. The molecule has 142 valence electrons. The Morgan fingerprint density at radius 3 is 2.89 bits per heavy atom. The van der Waals surface area contributed by atoms with E-state index < -0.39 is 5.91 Å². The van der Waals surface area contributed by atoms with Crippen LogP contribution in [0, 0.1) is 13.8 Å². The molecular weight excluding hydrogens is 372 g/mol. The first-order valence-electron chi connectivity index (χ1n) is 8.89. The molecule has 0 bridgehead atoms. The molecule has 0 spiro atoms. The molecule has 6 heteroatoms. The number of rotatable bonds is 4. The first-order chi connectivity index (χ1) is 13.5. The number of nitrogens with zero attached hydrogens (tertiary/aromatic N) is 2. The maximum absolute atomic E-state index is 12.8. The van der Waals surface area contributed by atoms with Crippen molar-refractivity contribution in [2.45, 2.75) is 20.4 Å². The van der Waals surface area contributed by atoms with Crippen molar-refractivity contribution in [3.8, 4) is 5.75 Å². The summed E-state index contributed by atoms with van der Waals surface area (Å²) in [5.74, 6) is 0.359. The summed E-state index contributed by atoms with van der Waals surface area (Å²) in [5.41, 5.74) is 3.94. The van der Waals surface area contributed by atoms with E-state index in [1.807, 2.05) is 16.7 Å². The Balaban J connectivity index is 1.87. The molecule has 2 aromatic carbocycles. The number of benzene rings is 2. The number of aryl methyl sites for hydroxylation is 2. The predicted molar refractivity (Wildman–Crippen MR) is 112 cm³/mol. The Hall–Kier alpha value is -3.12. The molecule has 4 rings (SSSR count). The summed E-state index contributed by atoms with van der Waals surface area (Å²) in [6.07, 6.45) is 1.80. The number of allylic oxidation sites excluding steroid dienone is 1. The summed E-state index contributed by atoms with van der Waals surface area (Å²) in [5, 5.41) is 0.805. The van der Waals surface area contributed by atoms with Gasteiger partial charge in [0.25, 0.3) is 0 Å². The number of methoxy groups -OCH3 is 1. The fourth-order valence-corrected chi connectivity index (χ4v) is 4.44. The molecule has 0 N–H and O–H groups in total. The number of carbonyl (C=O) groups excluding carboxylic acids is 1. The molecule has 0 aliphatic carbocycles. The van der Waals surface area contributed by atoms with Crippen LogP contribution in [0.1, 0.15) is 21.7 Å². The van der Waals surface area contributed by atoms with Gasteiger partial charge in [0, 0.05) is 11.9 Å². The van der Waals surface area contributed by atoms with Crippen LogP contribution in [0.2, 0.25) is 0 Å². The van der Waals surface area contributed by atoms with Crippen LogP contribution in [0.15, 0.2) is 58.5 Å². The Labute approximate surface area is 166 Å². The molecule has 2 heterocycles. The number of para-hydroxylation sites is 1. The zero-order valence-corrected chi connectivity index (χ0v) is 16.8. The van der Waals surface area contributed by atoms with Crippen LogP contribution in [0.3, 0.4) is 0 Å². The van der Waals surface area contributed by atoms with Crippen LogP contribution in [0.5, 0.6) is 5.75 Å². The number of carbonyl (C=O) groups is 1. The molecule has 0 saturated carbocycles. The molecule has 0 saturated heterocycles. The monoisotopic (exact) mass is 392 g/mol. The second-order valence-corrected chi connectivity index (χ2v) is 7.60. The van der Waals surface area contributed by atoms with Gasteiger partial charge in [0.1, 0.15) is 0 Å². The number of aromatic nitrogens is 1. The van der Waals surface area contributed by atoms with Crippen LogP contribution < -0.4 is 9.54 Å². The summed E-state index contributed by atoms with van der Waals surface area (Å²) >= 11 is 1.50. The number of fused-ring (bicyclic) bond motifs is 2. The summed E-state index contributed by atoms with van der Waals surface area (Å²) in [4.78, 5) is 17.8. The lowest BCUT2D eigenvalue weighted by Crippen LogP contribution is -2.16. The summed E-state index contributed by atoms with van der Waals surface area (Å²) in [6.45, 7) is 8.54. The lowest BCUT2D eigenvalue weighted by molar-refractivity contribution is 0.0973.